The summed E-state index contributed by atoms with van der Waals surface area (Å²) >= 11 is 1.59. The van der Waals surface area contributed by atoms with Crippen LogP contribution in [0.4, 0.5) is 11.4 Å². The highest BCUT2D eigenvalue weighted by Gasteiger charge is 2.33. The Morgan fingerprint density at radius 3 is 2.52 bits per heavy atom. The molecule has 1 aromatic heterocycles. The minimum absolute atomic E-state index is 0.0481. The van der Waals surface area contributed by atoms with Crippen LogP contribution in [0, 0.1) is 0 Å². The van der Waals surface area contributed by atoms with Crippen LogP contribution in [-0.4, -0.2) is 67.8 Å². The molecule has 31 heavy (non-hydrogen) atoms. The number of pyridine rings is 1. The van der Waals surface area contributed by atoms with E-state index in [-0.39, 0.29) is 11.0 Å². The number of aromatic nitrogens is 1. The number of carbonyl (C=O) groups excluding carboxylic acids is 1. The fourth-order valence-corrected chi connectivity index (χ4v) is 5.54. The Morgan fingerprint density at radius 1 is 1.23 bits per heavy atom. The molecule has 0 unspecified atom stereocenters. The van der Waals surface area contributed by atoms with Crippen molar-refractivity contribution in [3.05, 3.63) is 22.0 Å². The van der Waals surface area contributed by atoms with E-state index in [1.807, 2.05) is 11.5 Å². The van der Waals surface area contributed by atoms with Gasteiger partial charge in [0.15, 0.2) is 5.75 Å². The summed E-state index contributed by atoms with van der Waals surface area (Å²) in [6, 6.07) is 0.516. The van der Waals surface area contributed by atoms with Gasteiger partial charge in [0.05, 0.1) is 36.7 Å². The third-order valence-electron chi connectivity index (χ3n) is 6.18. The predicted molar refractivity (Wildman–Crippen MR) is 125 cm³/mol. The van der Waals surface area contributed by atoms with Crippen LogP contribution < -0.4 is 20.4 Å². The summed E-state index contributed by atoms with van der Waals surface area (Å²) in [5, 5.41) is 3.98. The van der Waals surface area contributed by atoms with E-state index >= 15 is 0 Å². The fraction of sp³-hybridized carbons (Fsp3) is 0.545. The number of hydrogen-bond donors (Lipinski definition) is 1. The van der Waals surface area contributed by atoms with Crippen molar-refractivity contribution in [2.75, 3.05) is 56.5 Å². The first kappa shape index (κ1) is 21.8. The maximum Gasteiger partial charge on any atom is 0.343 e. The Balaban J connectivity index is 1.98. The Labute approximate surface area is 186 Å². The van der Waals surface area contributed by atoms with Crippen LogP contribution in [0.2, 0.25) is 0 Å². The molecule has 0 bridgehead atoms. The zero-order valence-electron chi connectivity index (χ0n) is 18.8. The van der Waals surface area contributed by atoms with E-state index in [0.29, 0.717) is 29.6 Å². The summed E-state index contributed by atoms with van der Waals surface area (Å²) in [6.07, 6.45) is 1.60. The number of fused-ring (bicyclic) bond motifs is 3. The van der Waals surface area contributed by atoms with Crippen LogP contribution in [-0.2, 0) is 11.3 Å². The summed E-state index contributed by atoms with van der Waals surface area (Å²) in [7, 11) is 2.94. The van der Waals surface area contributed by atoms with E-state index in [1.165, 1.54) is 7.11 Å². The van der Waals surface area contributed by atoms with Crippen molar-refractivity contribution >= 4 is 40.0 Å². The smallest absolute Gasteiger partial charge is 0.343 e. The number of anilines is 2. The molecule has 0 saturated carbocycles. The summed E-state index contributed by atoms with van der Waals surface area (Å²) in [5.41, 5.74) is 2.40. The number of thioether (sulfide) groups is 1. The molecule has 3 heterocycles. The molecule has 8 nitrogen and oxygen atoms in total. The first-order valence-electron chi connectivity index (χ1n) is 10.7. The third kappa shape index (κ3) is 3.53. The molecular weight excluding hydrogens is 416 g/mol. The molecule has 0 atom stereocenters. The van der Waals surface area contributed by atoms with Crippen LogP contribution >= 0.6 is 11.8 Å². The number of benzene rings is 1. The van der Waals surface area contributed by atoms with Gasteiger partial charge in [0.25, 0.3) is 0 Å². The zero-order valence-corrected chi connectivity index (χ0v) is 19.6. The van der Waals surface area contributed by atoms with Crippen LogP contribution in [0.5, 0.6) is 5.75 Å². The fourth-order valence-electron chi connectivity index (χ4n) is 4.53. The quantitative estimate of drug-likeness (QED) is 0.703. The van der Waals surface area contributed by atoms with E-state index in [0.717, 1.165) is 48.0 Å². The van der Waals surface area contributed by atoms with Gasteiger partial charge in [0.1, 0.15) is 11.3 Å². The summed E-state index contributed by atoms with van der Waals surface area (Å²) in [5.74, 6) is 0.730. The van der Waals surface area contributed by atoms with Gasteiger partial charge in [0.2, 0.25) is 5.43 Å². The molecule has 168 valence electrons. The largest absolute Gasteiger partial charge is 0.492 e. The van der Waals surface area contributed by atoms with Crippen molar-refractivity contribution in [2.24, 2.45) is 0 Å². The van der Waals surface area contributed by atoms with Gasteiger partial charge in [-0.05, 0) is 20.8 Å². The monoisotopic (exact) mass is 446 g/mol. The molecule has 1 N–H and O–H groups in total. The lowest BCUT2D eigenvalue weighted by Crippen LogP contribution is -2.49. The van der Waals surface area contributed by atoms with Crippen molar-refractivity contribution < 1.29 is 14.3 Å². The summed E-state index contributed by atoms with van der Waals surface area (Å²) in [4.78, 5) is 31.4. The molecule has 0 spiro atoms. The van der Waals surface area contributed by atoms with Crippen molar-refractivity contribution in [1.29, 1.82) is 0 Å². The van der Waals surface area contributed by atoms with E-state index in [1.54, 1.807) is 25.1 Å². The molecule has 2 aliphatic heterocycles. The number of aryl methyl sites for hydroxylation is 1. The molecule has 2 aromatic rings. The molecule has 4 rings (SSSR count). The Bertz CT molecular complexity index is 1070. The average molecular weight is 447 g/mol. The topological polar surface area (TPSA) is 76.0 Å². The number of carbonyl (C=O) groups is 1. The molecule has 0 amide bonds. The van der Waals surface area contributed by atoms with Crippen molar-refractivity contribution in [2.45, 2.75) is 38.3 Å². The van der Waals surface area contributed by atoms with E-state index in [9.17, 15) is 9.59 Å². The highest BCUT2D eigenvalue weighted by Crippen LogP contribution is 2.51. The number of rotatable bonds is 5. The van der Waals surface area contributed by atoms with Crippen molar-refractivity contribution in [1.82, 2.24) is 9.47 Å². The number of ether oxygens (including phenoxy) is 2. The van der Waals surface area contributed by atoms with Gasteiger partial charge < -0.3 is 24.3 Å². The van der Waals surface area contributed by atoms with Crippen molar-refractivity contribution in [3.8, 4) is 5.75 Å². The van der Waals surface area contributed by atoms with Gasteiger partial charge in [-0.1, -0.05) is 0 Å². The molecule has 9 heteroatoms. The highest BCUT2D eigenvalue weighted by molar-refractivity contribution is 8.00. The van der Waals surface area contributed by atoms with E-state index in [4.69, 9.17) is 9.47 Å². The van der Waals surface area contributed by atoms with Crippen LogP contribution in [0.1, 0.15) is 31.1 Å². The van der Waals surface area contributed by atoms with Gasteiger partial charge in [0, 0.05) is 49.9 Å². The maximum absolute atomic E-state index is 13.4. The van der Waals surface area contributed by atoms with Gasteiger partial charge in [-0.3, -0.25) is 9.69 Å². The molecule has 1 fully saturated rings. The highest BCUT2D eigenvalue weighted by atomic mass is 32.2. The normalized spacial score (nSPS) is 16.5. The number of esters is 1. The lowest BCUT2D eigenvalue weighted by molar-refractivity contribution is 0.0598. The molecule has 0 aliphatic carbocycles. The van der Waals surface area contributed by atoms with E-state index in [2.05, 4.69) is 29.0 Å². The first-order valence-corrected chi connectivity index (χ1v) is 11.7. The first-order chi connectivity index (χ1) is 14.9. The average Bonchev–Trinajstić information content (AvgIpc) is 3.27. The lowest BCUT2D eigenvalue weighted by atomic mass is 10.1. The second-order valence-electron chi connectivity index (χ2n) is 8.04. The summed E-state index contributed by atoms with van der Waals surface area (Å²) < 4.78 is 12.8. The predicted octanol–water partition coefficient (Wildman–Crippen LogP) is 2.82. The molecule has 1 aromatic carbocycles. The number of nitrogens with zero attached hydrogens (tertiary/aromatic N) is 3. The Morgan fingerprint density at radius 2 is 1.94 bits per heavy atom. The molecule has 0 radical (unpaired) electrons. The summed E-state index contributed by atoms with van der Waals surface area (Å²) in [6.45, 7) is 10.7. The van der Waals surface area contributed by atoms with E-state index < -0.39 is 5.97 Å². The standard InChI is InChI=1S/C22H30N4O4S/c1-6-24-11-14(22(28)30-5)19(27)15-17(24)20(29-4)18(16-21(15)31-12-23-16)26-9-7-25(8-10-26)13(2)3/h11,13,23H,6-10,12H2,1-5H3. The number of piperazine rings is 1. The second-order valence-corrected chi connectivity index (χ2v) is 9.03. The van der Waals surface area contributed by atoms with Crippen LogP contribution in [0.3, 0.4) is 0 Å². The Kier molecular flexibility index (Phi) is 6.07. The number of methoxy groups -OCH3 is 2. The zero-order chi connectivity index (χ0) is 22.3. The SMILES string of the molecule is CCn1cc(C(=O)OC)c(=O)c2c3c(c(N4CCN(C(C)C)CC4)c(OC)c21)NCS3. The second kappa shape index (κ2) is 8.63. The van der Waals surface area contributed by atoms with Crippen LogP contribution in [0.15, 0.2) is 15.9 Å². The van der Waals surface area contributed by atoms with Gasteiger partial charge in [-0.25, -0.2) is 4.79 Å². The van der Waals surface area contributed by atoms with Gasteiger partial charge in [-0.2, -0.15) is 0 Å². The minimum Gasteiger partial charge on any atom is -0.492 e. The van der Waals surface area contributed by atoms with Gasteiger partial charge >= 0.3 is 5.97 Å². The lowest BCUT2D eigenvalue weighted by Gasteiger charge is -2.39. The Hall–Kier alpha value is -2.39. The number of nitrogens with one attached hydrogen (secondary N) is 1. The van der Waals surface area contributed by atoms with Crippen LogP contribution in [0.25, 0.3) is 10.9 Å². The number of hydrogen-bond acceptors (Lipinski definition) is 8. The molecular formula is C22H30N4O4S. The maximum atomic E-state index is 13.4. The molecule has 1 saturated heterocycles. The van der Waals surface area contributed by atoms with Gasteiger partial charge in [-0.15, -0.1) is 11.8 Å². The third-order valence-corrected chi connectivity index (χ3v) is 7.16. The minimum atomic E-state index is -0.619. The van der Waals surface area contributed by atoms with Crippen molar-refractivity contribution in [3.63, 3.8) is 0 Å². The molecule has 2 aliphatic rings.